The number of carboxylic acids is 1. The van der Waals surface area contributed by atoms with Crippen LogP contribution in [0.1, 0.15) is 18.2 Å². The highest BCUT2D eigenvalue weighted by atomic mass is 32.1. The van der Waals surface area contributed by atoms with Gasteiger partial charge in [-0.15, -0.1) is 11.3 Å². The van der Waals surface area contributed by atoms with E-state index in [0.717, 1.165) is 4.88 Å². The molecule has 2 heterocycles. The van der Waals surface area contributed by atoms with E-state index < -0.39 is 12.0 Å². The molecule has 0 saturated carbocycles. The van der Waals surface area contributed by atoms with Crippen LogP contribution in [0, 0.1) is 0 Å². The molecule has 1 atom stereocenters. The Labute approximate surface area is 134 Å². The largest absolute Gasteiger partial charge is 0.481 e. The van der Waals surface area contributed by atoms with Gasteiger partial charge in [0, 0.05) is 37.7 Å². The van der Waals surface area contributed by atoms with E-state index in [0.29, 0.717) is 39.4 Å². The number of thiophene rings is 1. The molecule has 1 amide bonds. The van der Waals surface area contributed by atoms with Crippen molar-refractivity contribution in [1.29, 1.82) is 0 Å². The Morgan fingerprint density at radius 3 is 2.95 bits per heavy atom. The van der Waals surface area contributed by atoms with E-state index in [2.05, 4.69) is 0 Å². The van der Waals surface area contributed by atoms with Gasteiger partial charge in [-0.3, -0.25) is 14.5 Å². The molecule has 122 valence electrons. The minimum atomic E-state index is -0.943. The Morgan fingerprint density at radius 2 is 2.32 bits per heavy atom. The zero-order chi connectivity index (χ0) is 15.9. The molecule has 0 bridgehead atoms. The maximum atomic E-state index is 12.6. The summed E-state index contributed by atoms with van der Waals surface area (Å²) in [5.41, 5.74) is 0. The first-order valence-corrected chi connectivity index (χ1v) is 8.34. The average molecular weight is 326 g/mol. The van der Waals surface area contributed by atoms with E-state index in [-0.39, 0.29) is 12.3 Å². The van der Waals surface area contributed by atoms with E-state index >= 15 is 0 Å². The van der Waals surface area contributed by atoms with Gasteiger partial charge in [-0.05, 0) is 18.4 Å². The molecule has 1 fully saturated rings. The number of hydrogen-bond donors (Lipinski definition) is 1. The molecule has 1 N–H and O–H groups in total. The van der Waals surface area contributed by atoms with Crippen molar-refractivity contribution in [2.24, 2.45) is 0 Å². The van der Waals surface area contributed by atoms with Crippen molar-refractivity contribution in [1.82, 2.24) is 9.80 Å². The first kappa shape index (κ1) is 16.9. The molecule has 2 rings (SSSR count). The highest BCUT2D eigenvalue weighted by molar-refractivity contribution is 7.09. The lowest BCUT2D eigenvalue weighted by molar-refractivity contribution is -0.150. The lowest BCUT2D eigenvalue weighted by atomic mass is 10.1. The standard InChI is InChI=1S/C15H22N2O4S/c1-2-21-8-7-16-5-6-17(11-12-4-3-9-22-12)13(15(16)20)10-14(18)19/h3-4,9,13H,2,5-8,10-11H2,1H3,(H,18,19). The zero-order valence-electron chi connectivity index (χ0n) is 12.7. The third-order valence-corrected chi connectivity index (χ3v) is 4.57. The monoisotopic (exact) mass is 326 g/mol. The highest BCUT2D eigenvalue weighted by Crippen LogP contribution is 2.20. The van der Waals surface area contributed by atoms with Crippen molar-refractivity contribution < 1.29 is 19.4 Å². The fraction of sp³-hybridized carbons (Fsp3) is 0.600. The van der Waals surface area contributed by atoms with Gasteiger partial charge in [0.2, 0.25) is 5.91 Å². The van der Waals surface area contributed by atoms with Crippen molar-refractivity contribution in [3.63, 3.8) is 0 Å². The second-order valence-corrected chi connectivity index (χ2v) is 6.22. The molecule has 0 radical (unpaired) electrons. The number of hydrogen-bond acceptors (Lipinski definition) is 5. The first-order chi connectivity index (χ1) is 10.6. The van der Waals surface area contributed by atoms with Crippen molar-refractivity contribution >= 4 is 23.2 Å². The number of nitrogens with zero attached hydrogens (tertiary/aromatic N) is 2. The molecule has 1 aliphatic heterocycles. The Morgan fingerprint density at radius 1 is 1.50 bits per heavy atom. The predicted molar refractivity (Wildman–Crippen MR) is 83.8 cm³/mol. The Balaban J connectivity index is 2.01. The van der Waals surface area contributed by atoms with Crippen molar-refractivity contribution in [3.8, 4) is 0 Å². The van der Waals surface area contributed by atoms with Crippen LogP contribution in [0.5, 0.6) is 0 Å². The molecule has 7 heteroatoms. The second kappa shape index (κ2) is 8.26. The minimum absolute atomic E-state index is 0.107. The number of piperazine rings is 1. The smallest absolute Gasteiger partial charge is 0.305 e. The number of rotatable bonds is 8. The van der Waals surface area contributed by atoms with Crippen molar-refractivity contribution in [2.75, 3.05) is 32.8 Å². The van der Waals surface area contributed by atoms with Crippen LogP contribution >= 0.6 is 11.3 Å². The molecular weight excluding hydrogens is 304 g/mol. The number of carbonyl (C=O) groups excluding carboxylic acids is 1. The number of carboxylic acid groups (broad SMARTS) is 1. The van der Waals surface area contributed by atoms with Gasteiger partial charge in [-0.25, -0.2) is 0 Å². The molecule has 1 aromatic heterocycles. The molecule has 0 aromatic carbocycles. The maximum Gasteiger partial charge on any atom is 0.305 e. The molecule has 0 aliphatic carbocycles. The number of carbonyl (C=O) groups is 2. The summed E-state index contributed by atoms with van der Waals surface area (Å²) in [6.07, 6.45) is -0.157. The molecule has 1 aromatic rings. The van der Waals surface area contributed by atoms with Gasteiger partial charge < -0.3 is 14.7 Å². The summed E-state index contributed by atoms with van der Waals surface area (Å²) in [4.78, 5) is 28.5. The van der Waals surface area contributed by atoms with Crippen LogP contribution in [0.25, 0.3) is 0 Å². The minimum Gasteiger partial charge on any atom is -0.481 e. The zero-order valence-corrected chi connectivity index (χ0v) is 13.6. The average Bonchev–Trinajstić information content (AvgIpc) is 2.98. The van der Waals surface area contributed by atoms with E-state index in [1.807, 2.05) is 29.3 Å². The van der Waals surface area contributed by atoms with Crippen LogP contribution < -0.4 is 0 Å². The van der Waals surface area contributed by atoms with Crippen LogP contribution in [-0.4, -0.2) is 65.7 Å². The number of ether oxygens (including phenoxy) is 1. The predicted octanol–water partition coefficient (Wildman–Crippen LogP) is 1.27. The summed E-state index contributed by atoms with van der Waals surface area (Å²) >= 11 is 1.62. The summed E-state index contributed by atoms with van der Waals surface area (Å²) < 4.78 is 5.29. The van der Waals surface area contributed by atoms with Gasteiger partial charge in [-0.1, -0.05) is 6.07 Å². The van der Waals surface area contributed by atoms with E-state index in [1.165, 1.54) is 0 Å². The quantitative estimate of drug-likeness (QED) is 0.729. The lowest BCUT2D eigenvalue weighted by Gasteiger charge is -2.40. The Kier molecular flexibility index (Phi) is 6.35. The Hall–Kier alpha value is -1.44. The summed E-state index contributed by atoms with van der Waals surface area (Å²) in [6, 6.07) is 3.39. The number of aliphatic carboxylic acids is 1. The summed E-state index contributed by atoms with van der Waals surface area (Å²) in [5, 5.41) is 11.1. The van der Waals surface area contributed by atoms with Gasteiger partial charge in [0.1, 0.15) is 6.04 Å². The van der Waals surface area contributed by atoms with Crippen LogP contribution in [0.2, 0.25) is 0 Å². The summed E-state index contributed by atoms with van der Waals surface area (Å²) in [7, 11) is 0. The molecule has 1 aliphatic rings. The van der Waals surface area contributed by atoms with Gasteiger partial charge in [0.05, 0.1) is 13.0 Å². The normalized spacial score (nSPS) is 19.6. The van der Waals surface area contributed by atoms with E-state index in [1.54, 1.807) is 16.2 Å². The topological polar surface area (TPSA) is 70.1 Å². The molecular formula is C15H22N2O4S. The van der Waals surface area contributed by atoms with Gasteiger partial charge in [-0.2, -0.15) is 0 Å². The van der Waals surface area contributed by atoms with E-state index in [4.69, 9.17) is 9.84 Å². The third-order valence-electron chi connectivity index (χ3n) is 3.71. The Bertz CT molecular complexity index is 492. The van der Waals surface area contributed by atoms with Crippen molar-refractivity contribution in [2.45, 2.75) is 25.9 Å². The van der Waals surface area contributed by atoms with Gasteiger partial charge >= 0.3 is 5.97 Å². The van der Waals surface area contributed by atoms with Crippen molar-refractivity contribution in [3.05, 3.63) is 22.4 Å². The molecule has 6 nitrogen and oxygen atoms in total. The maximum absolute atomic E-state index is 12.6. The third kappa shape index (κ3) is 4.53. The first-order valence-electron chi connectivity index (χ1n) is 7.46. The van der Waals surface area contributed by atoms with E-state index in [9.17, 15) is 9.59 Å². The van der Waals surface area contributed by atoms with Gasteiger partial charge in [0.25, 0.3) is 0 Å². The van der Waals surface area contributed by atoms with Crippen LogP contribution in [0.3, 0.4) is 0 Å². The molecule has 1 unspecified atom stereocenters. The molecule has 0 spiro atoms. The fourth-order valence-corrected chi connectivity index (χ4v) is 3.33. The van der Waals surface area contributed by atoms with Gasteiger partial charge in [0.15, 0.2) is 0 Å². The van der Waals surface area contributed by atoms with Crippen LogP contribution in [-0.2, 0) is 20.9 Å². The fourth-order valence-electron chi connectivity index (χ4n) is 2.60. The number of amides is 1. The molecule has 1 saturated heterocycles. The SMILES string of the molecule is CCOCCN1CCN(Cc2cccs2)C(CC(=O)O)C1=O. The lowest BCUT2D eigenvalue weighted by Crippen LogP contribution is -2.57. The molecule has 22 heavy (non-hydrogen) atoms. The summed E-state index contributed by atoms with van der Waals surface area (Å²) in [6.45, 7) is 5.48. The van der Waals surface area contributed by atoms with Crippen LogP contribution in [0.15, 0.2) is 17.5 Å². The summed E-state index contributed by atoms with van der Waals surface area (Å²) in [5.74, 6) is -1.05. The van der Waals surface area contributed by atoms with Crippen LogP contribution in [0.4, 0.5) is 0 Å². The highest BCUT2D eigenvalue weighted by Gasteiger charge is 2.36. The second-order valence-electron chi connectivity index (χ2n) is 5.19.